The molecule has 184 valence electrons. The Kier molecular flexibility index (Phi) is 15.5. The number of hydrogen-bond donors (Lipinski definition) is 8. The van der Waals surface area contributed by atoms with Gasteiger partial charge in [0.2, 0.25) is 17.7 Å². The topological polar surface area (TPSA) is 214 Å². The molecule has 32 heavy (non-hydrogen) atoms. The molecule has 0 bridgehead atoms. The van der Waals surface area contributed by atoms with Gasteiger partial charge in [-0.15, -0.1) is 0 Å². The van der Waals surface area contributed by atoms with Crippen LogP contribution in [-0.4, -0.2) is 88.3 Å². The zero-order chi connectivity index (χ0) is 24.7. The van der Waals surface area contributed by atoms with Crippen molar-refractivity contribution in [1.29, 1.82) is 0 Å². The van der Waals surface area contributed by atoms with Gasteiger partial charge in [0.25, 0.3) is 0 Å². The van der Waals surface area contributed by atoms with Gasteiger partial charge in [-0.25, -0.2) is 4.79 Å². The Morgan fingerprint density at radius 3 is 1.91 bits per heavy atom. The van der Waals surface area contributed by atoms with Gasteiger partial charge < -0.3 is 37.6 Å². The quantitative estimate of drug-likeness (QED) is 0.0831. The Bertz CT molecular complexity index is 653. The zero-order valence-electron chi connectivity index (χ0n) is 17.9. The number of thioether (sulfide) groups is 1. The highest BCUT2D eigenvalue weighted by Crippen LogP contribution is 2.06. The molecule has 0 heterocycles. The molecule has 0 aliphatic heterocycles. The van der Waals surface area contributed by atoms with Crippen molar-refractivity contribution >= 4 is 54.1 Å². The minimum atomic E-state index is -1.35. The number of aliphatic carboxylic acids is 2. The molecule has 3 amide bonds. The maximum atomic E-state index is 12.9. The summed E-state index contributed by atoms with van der Waals surface area (Å²) in [4.78, 5) is 59.6. The van der Waals surface area contributed by atoms with E-state index in [1.807, 2.05) is 6.26 Å². The van der Waals surface area contributed by atoms with E-state index in [9.17, 15) is 24.0 Å². The Labute approximate surface area is 196 Å². The summed E-state index contributed by atoms with van der Waals surface area (Å²) in [5.74, 6) is -4.33. The fraction of sp³-hybridized carbons (Fsp3) is 0.722. The number of amides is 3. The van der Waals surface area contributed by atoms with Crippen LogP contribution >= 0.6 is 24.4 Å². The molecule has 12 nitrogen and oxygen atoms in total. The van der Waals surface area contributed by atoms with Crippen molar-refractivity contribution in [1.82, 2.24) is 16.0 Å². The van der Waals surface area contributed by atoms with Gasteiger partial charge in [0.15, 0.2) is 0 Å². The molecule has 0 aromatic heterocycles. The summed E-state index contributed by atoms with van der Waals surface area (Å²) in [6, 6.07) is -4.69. The van der Waals surface area contributed by atoms with Crippen LogP contribution in [-0.2, 0) is 24.0 Å². The lowest BCUT2D eigenvalue weighted by atomic mass is 10.1. The lowest BCUT2D eigenvalue weighted by molar-refractivity contribution is -0.141. The van der Waals surface area contributed by atoms with E-state index in [0.29, 0.717) is 25.1 Å². The smallest absolute Gasteiger partial charge is 0.327 e. The van der Waals surface area contributed by atoms with Crippen LogP contribution in [0.4, 0.5) is 0 Å². The third-order valence-electron chi connectivity index (χ3n) is 4.35. The van der Waals surface area contributed by atoms with Crippen molar-refractivity contribution in [2.45, 2.75) is 56.3 Å². The first-order valence-corrected chi connectivity index (χ1v) is 12.0. The highest BCUT2D eigenvalue weighted by molar-refractivity contribution is 7.98. The number of carbonyl (C=O) groups excluding carboxylic acids is 3. The minimum Gasteiger partial charge on any atom is -0.481 e. The first-order chi connectivity index (χ1) is 15.1. The number of nitrogens with two attached hydrogens (primary N) is 2. The summed E-state index contributed by atoms with van der Waals surface area (Å²) in [7, 11) is 0. The van der Waals surface area contributed by atoms with E-state index in [-0.39, 0.29) is 18.6 Å². The van der Waals surface area contributed by atoms with Gasteiger partial charge >= 0.3 is 11.9 Å². The van der Waals surface area contributed by atoms with Crippen LogP contribution in [0.1, 0.15) is 32.1 Å². The largest absolute Gasteiger partial charge is 0.481 e. The number of hydrogen-bond acceptors (Lipinski definition) is 9. The number of unbranched alkanes of at least 4 members (excludes halogenated alkanes) is 1. The molecule has 0 saturated carbocycles. The van der Waals surface area contributed by atoms with Gasteiger partial charge in [-0.05, 0) is 44.2 Å². The average molecular weight is 496 g/mol. The normalized spacial score (nSPS) is 14.5. The van der Waals surface area contributed by atoms with Crippen molar-refractivity contribution in [3.8, 4) is 0 Å². The molecule has 4 unspecified atom stereocenters. The van der Waals surface area contributed by atoms with Crippen LogP contribution in [0.25, 0.3) is 0 Å². The maximum absolute atomic E-state index is 12.9. The Morgan fingerprint density at radius 1 is 0.906 bits per heavy atom. The van der Waals surface area contributed by atoms with E-state index in [2.05, 4.69) is 28.6 Å². The van der Waals surface area contributed by atoms with Crippen molar-refractivity contribution in [2.24, 2.45) is 11.5 Å². The van der Waals surface area contributed by atoms with E-state index in [4.69, 9.17) is 21.7 Å². The zero-order valence-corrected chi connectivity index (χ0v) is 19.6. The number of rotatable bonds is 17. The Hall–Kier alpha value is -2.03. The Balaban J connectivity index is 5.37. The molecule has 0 aliphatic rings. The number of carboxylic acids is 2. The van der Waals surface area contributed by atoms with Gasteiger partial charge in [-0.3, -0.25) is 19.2 Å². The first-order valence-electron chi connectivity index (χ1n) is 9.98. The van der Waals surface area contributed by atoms with Crippen LogP contribution in [0, 0.1) is 0 Å². The van der Waals surface area contributed by atoms with Gasteiger partial charge in [0, 0.05) is 5.75 Å². The summed E-state index contributed by atoms with van der Waals surface area (Å²) in [5.41, 5.74) is 11.0. The molecule has 0 radical (unpaired) electrons. The molecular weight excluding hydrogens is 462 g/mol. The molecular formula is C18H33N5O7S2. The highest BCUT2D eigenvalue weighted by atomic mass is 32.2. The predicted octanol–water partition coefficient (Wildman–Crippen LogP) is -1.86. The lowest BCUT2D eigenvalue weighted by Gasteiger charge is -2.25. The number of carboxylic acid groups (broad SMARTS) is 2. The number of thiol groups is 1. The number of carbonyl (C=O) groups is 5. The van der Waals surface area contributed by atoms with Crippen LogP contribution in [0.5, 0.6) is 0 Å². The van der Waals surface area contributed by atoms with E-state index in [1.54, 1.807) is 0 Å². The highest BCUT2D eigenvalue weighted by Gasteiger charge is 2.30. The molecule has 0 saturated heterocycles. The van der Waals surface area contributed by atoms with Crippen LogP contribution in [0.3, 0.4) is 0 Å². The van der Waals surface area contributed by atoms with Crippen molar-refractivity contribution in [3.63, 3.8) is 0 Å². The summed E-state index contributed by atoms with van der Waals surface area (Å²) in [5, 5.41) is 25.2. The Morgan fingerprint density at radius 2 is 1.44 bits per heavy atom. The van der Waals surface area contributed by atoms with Crippen molar-refractivity contribution in [2.75, 3.05) is 24.3 Å². The molecule has 9 N–H and O–H groups in total. The standard InChI is InChI=1S/C18H33N5O7S2/c1-32-7-5-12(17(28)23-13(9-31)18(29)30)22-16(27)11(4-2-3-6-19)21-15(26)10(20)8-14(24)25/h10-13,31H,2-9,19-20H2,1H3,(H,21,26)(H,22,27)(H,23,28)(H,24,25)(H,29,30). The summed E-state index contributed by atoms with van der Waals surface area (Å²) in [6.07, 6.45) is 2.69. The second-order valence-corrected chi connectivity index (χ2v) is 8.33. The predicted molar refractivity (Wildman–Crippen MR) is 123 cm³/mol. The molecule has 0 aliphatic carbocycles. The third kappa shape index (κ3) is 12.1. The van der Waals surface area contributed by atoms with Crippen LogP contribution in [0.15, 0.2) is 0 Å². The lowest BCUT2D eigenvalue weighted by Crippen LogP contribution is -2.57. The van der Waals surface area contributed by atoms with Crippen LogP contribution < -0.4 is 27.4 Å². The second kappa shape index (κ2) is 16.6. The van der Waals surface area contributed by atoms with E-state index < -0.39 is 60.2 Å². The number of nitrogens with one attached hydrogen (secondary N) is 3. The fourth-order valence-corrected chi connectivity index (χ4v) is 3.27. The van der Waals surface area contributed by atoms with E-state index in [0.717, 1.165) is 0 Å². The third-order valence-corrected chi connectivity index (χ3v) is 5.36. The SMILES string of the molecule is CSCCC(NC(=O)C(CCCCN)NC(=O)C(N)CC(=O)O)C(=O)NC(CS)C(=O)O. The molecule has 0 fully saturated rings. The molecule has 4 atom stereocenters. The van der Waals surface area contributed by atoms with Crippen molar-refractivity contribution in [3.05, 3.63) is 0 Å². The first kappa shape index (κ1) is 30.0. The van der Waals surface area contributed by atoms with Gasteiger partial charge in [-0.2, -0.15) is 24.4 Å². The van der Waals surface area contributed by atoms with Gasteiger partial charge in [-0.1, -0.05) is 0 Å². The van der Waals surface area contributed by atoms with Gasteiger partial charge in [0.05, 0.1) is 12.5 Å². The summed E-state index contributed by atoms with van der Waals surface area (Å²) >= 11 is 5.33. The monoisotopic (exact) mass is 495 g/mol. The van der Waals surface area contributed by atoms with E-state index in [1.165, 1.54) is 11.8 Å². The molecule has 0 rings (SSSR count). The molecule has 0 aromatic rings. The van der Waals surface area contributed by atoms with E-state index >= 15 is 0 Å². The van der Waals surface area contributed by atoms with Crippen LogP contribution in [0.2, 0.25) is 0 Å². The van der Waals surface area contributed by atoms with Gasteiger partial charge in [0.1, 0.15) is 18.1 Å². The summed E-state index contributed by atoms with van der Waals surface area (Å²) < 4.78 is 0. The molecule has 14 heteroatoms. The second-order valence-electron chi connectivity index (χ2n) is 6.97. The molecule has 0 spiro atoms. The van der Waals surface area contributed by atoms with Crippen molar-refractivity contribution < 1.29 is 34.2 Å². The minimum absolute atomic E-state index is 0.135. The average Bonchev–Trinajstić information content (AvgIpc) is 2.72. The summed E-state index contributed by atoms with van der Waals surface area (Å²) in [6.45, 7) is 0.375. The maximum Gasteiger partial charge on any atom is 0.327 e. The fourth-order valence-electron chi connectivity index (χ4n) is 2.56. The molecule has 0 aromatic carbocycles.